The zero-order valence-electron chi connectivity index (χ0n) is 8.79. The van der Waals surface area contributed by atoms with Crippen molar-refractivity contribution in [2.45, 2.75) is 13.8 Å². The number of hydrogen-bond acceptors (Lipinski definition) is 2. The van der Waals surface area contributed by atoms with Crippen molar-refractivity contribution >= 4 is 11.4 Å². The van der Waals surface area contributed by atoms with E-state index in [4.69, 9.17) is 0 Å². The molecule has 1 aromatic rings. The number of hydrogen-bond donors (Lipinski definition) is 1. The van der Waals surface area contributed by atoms with Gasteiger partial charge in [0.1, 0.15) is 0 Å². The van der Waals surface area contributed by atoms with E-state index in [0.29, 0.717) is 0 Å². The fourth-order valence-electron chi connectivity index (χ4n) is 1.41. The monoisotopic (exact) mass is 189 g/mol. The molecule has 0 saturated carbocycles. The van der Waals surface area contributed by atoms with Crippen LogP contribution >= 0.6 is 0 Å². The van der Waals surface area contributed by atoms with Crippen molar-refractivity contribution in [1.82, 2.24) is 5.32 Å². The first-order valence-electron chi connectivity index (χ1n) is 4.61. The number of allylic oxidation sites excluding steroid dienone is 2. The molecule has 14 heavy (non-hydrogen) atoms. The molecule has 0 heterocycles. The molecule has 0 saturated heterocycles. The third-order valence-corrected chi connectivity index (χ3v) is 2.16. The van der Waals surface area contributed by atoms with E-state index in [1.54, 1.807) is 6.92 Å². The highest BCUT2D eigenvalue weighted by Crippen LogP contribution is 2.17. The summed E-state index contributed by atoms with van der Waals surface area (Å²) in [4.78, 5) is 11.4. The normalized spacial score (nSPS) is 11.9. The largest absolute Gasteiger partial charge is 0.391 e. The Kier molecular flexibility index (Phi) is 3.46. The van der Waals surface area contributed by atoms with E-state index >= 15 is 0 Å². The van der Waals surface area contributed by atoms with E-state index < -0.39 is 0 Å². The van der Waals surface area contributed by atoms with Crippen LogP contribution in [-0.2, 0) is 4.79 Å². The van der Waals surface area contributed by atoms with E-state index in [2.05, 4.69) is 5.32 Å². The summed E-state index contributed by atoms with van der Waals surface area (Å²) in [6.07, 6.45) is 0. The maximum absolute atomic E-state index is 11.4. The van der Waals surface area contributed by atoms with Crippen LogP contribution in [0.5, 0.6) is 0 Å². The average Bonchev–Trinajstić information content (AvgIpc) is 2.19. The van der Waals surface area contributed by atoms with Gasteiger partial charge in [-0.2, -0.15) is 0 Å². The topological polar surface area (TPSA) is 29.1 Å². The van der Waals surface area contributed by atoms with Crippen LogP contribution in [0.3, 0.4) is 0 Å². The first-order chi connectivity index (χ1) is 6.66. The molecule has 0 radical (unpaired) electrons. The van der Waals surface area contributed by atoms with Crippen molar-refractivity contribution in [3.63, 3.8) is 0 Å². The number of rotatable bonds is 3. The minimum absolute atomic E-state index is 0.0862. The third-order valence-electron chi connectivity index (χ3n) is 2.16. The first kappa shape index (κ1) is 10.5. The zero-order chi connectivity index (χ0) is 10.6. The van der Waals surface area contributed by atoms with Crippen LogP contribution in [0.2, 0.25) is 0 Å². The van der Waals surface area contributed by atoms with Crippen molar-refractivity contribution in [1.29, 1.82) is 0 Å². The molecule has 0 atom stereocenters. The molecular weight excluding hydrogens is 174 g/mol. The van der Waals surface area contributed by atoms with Crippen molar-refractivity contribution in [3.05, 3.63) is 41.6 Å². The number of nitrogens with one attached hydrogen (secondary N) is 1. The van der Waals surface area contributed by atoms with Gasteiger partial charge < -0.3 is 5.32 Å². The minimum atomic E-state index is 0.0862. The fourth-order valence-corrected chi connectivity index (χ4v) is 1.41. The summed E-state index contributed by atoms with van der Waals surface area (Å²) < 4.78 is 0. The van der Waals surface area contributed by atoms with E-state index in [9.17, 15) is 4.79 Å². The highest BCUT2D eigenvalue weighted by molar-refractivity contribution is 6.20. The van der Waals surface area contributed by atoms with Gasteiger partial charge in [0, 0.05) is 18.3 Å². The first-order valence-corrected chi connectivity index (χ1v) is 4.61. The van der Waals surface area contributed by atoms with E-state index in [0.717, 1.165) is 16.8 Å². The van der Waals surface area contributed by atoms with Crippen molar-refractivity contribution < 1.29 is 4.79 Å². The van der Waals surface area contributed by atoms with E-state index in [1.165, 1.54) is 0 Å². The molecule has 0 aliphatic carbocycles. The van der Waals surface area contributed by atoms with Crippen molar-refractivity contribution in [3.8, 4) is 0 Å². The molecule has 0 unspecified atom stereocenters. The van der Waals surface area contributed by atoms with Gasteiger partial charge in [-0.1, -0.05) is 30.3 Å². The lowest BCUT2D eigenvalue weighted by molar-refractivity contribution is -0.111. The zero-order valence-corrected chi connectivity index (χ0v) is 8.79. The highest BCUT2D eigenvalue weighted by atomic mass is 16.1. The molecule has 0 aromatic heterocycles. The van der Waals surface area contributed by atoms with Gasteiger partial charge >= 0.3 is 0 Å². The summed E-state index contributed by atoms with van der Waals surface area (Å²) >= 11 is 0. The lowest BCUT2D eigenvalue weighted by atomic mass is 10.0. The molecule has 2 heteroatoms. The predicted molar refractivity (Wildman–Crippen MR) is 58.8 cm³/mol. The van der Waals surface area contributed by atoms with Gasteiger partial charge in [-0.3, -0.25) is 4.79 Å². The van der Waals surface area contributed by atoms with Crippen LogP contribution in [0.4, 0.5) is 0 Å². The fraction of sp³-hybridized carbons (Fsp3) is 0.250. The second-order valence-corrected chi connectivity index (χ2v) is 3.17. The van der Waals surface area contributed by atoms with Gasteiger partial charge in [-0.05, 0) is 19.4 Å². The van der Waals surface area contributed by atoms with Gasteiger partial charge in [0.25, 0.3) is 0 Å². The maximum Gasteiger partial charge on any atom is 0.162 e. The summed E-state index contributed by atoms with van der Waals surface area (Å²) in [5.41, 5.74) is 2.63. The molecule has 0 bridgehead atoms. The third kappa shape index (κ3) is 2.22. The van der Waals surface area contributed by atoms with Crippen LogP contribution in [0, 0.1) is 0 Å². The molecule has 1 rings (SSSR count). The number of ketones is 1. The Hall–Kier alpha value is -1.57. The summed E-state index contributed by atoms with van der Waals surface area (Å²) in [6.45, 7) is 3.49. The molecule has 0 spiro atoms. The molecule has 2 nitrogen and oxygen atoms in total. The molecule has 0 aliphatic heterocycles. The molecule has 74 valence electrons. The number of carbonyl (C=O) groups excluding carboxylic acids is 1. The summed E-state index contributed by atoms with van der Waals surface area (Å²) in [6, 6.07) is 9.69. The summed E-state index contributed by atoms with van der Waals surface area (Å²) in [5, 5.41) is 3.00. The maximum atomic E-state index is 11.4. The van der Waals surface area contributed by atoms with Crippen LogP contribution in [0.15, 0.2) is 36.0 Å². The Bertz CT molecular complexity index is 352. The Labute approximate surface area is 84.6 Å². The van der Waals surface area contributed by atoms with Gasteiger partial charge in [0.15, 0.2) is 5.78 Å². The molecule has 1 N–H and O–H groups in total. The minimum Gasteiger partial charge on any atom is -0.391 e. The van der Waals surface area contributed by atoms with Crippen molar-refractivity contribution in [2.24, 2.45) is 0 Å². The molecule has 0 aliphatic rings. The second kappa shape index (κ2) is 4.61. The van der Waals surface area contributed by atoms with Gasteiger partial charge in [-0.15, -0.1) is 0 Å². The van der Waals surface area contributed by atoms with Crippen LogP contribution < -0.4 is 5.32 Å². The lowest BCUT2D eigenvalue weighted by Crippen LogP contribution is -2.09. The van der Waals surface area contributed by atoms with Gasteiger partial charge in [0.05, 0.1) is 0 Å². The number of Topliss-reactive ketones (excluding diaryl/α,β-unsaturated/α-hetero) is 1. The molecular formula is C12H15NO. The smallest absolute Gasteiger partial charge is 0.162 e. The van der Waals surface area contributed by atoms with Crippen LogP contribution in [0.25, 0.3) is 5.57 Å². The van der Waals surface area contributed by atoms with Crippen LogP contribution in [0.1, 0.15) is 19.4 Å². The van der Waals surface area contributed by atoms with E-state index in [-0.39, 0.29) is 5.78 Å². The van der Waals surface area contributed by atoms with Crippen molar-refractivity contribution in [2.75, 3.05) is 7.05 Å². The average molecular weight is 189 g/mol. The second-order valence-electron chi connectivity index (χ2n) is 3.17. The van der Waals surface area contributed by atoms with Gasteiger partial charge in [-0.25, -0.2) is 0 Å². The highest BCUT2D eigenvalue weighted by Gasteiger charge is 2.09. The summed E-state index contributed by atoms with van der Waals surface area (Å²) in [7, 11) is 1.82. The Morgan fingerprint density at radius 3 is 2.14 bits per heavy atom. The standard InChI is InChI=1S/C12H15NO/c1-9(13-3)12(10(2)14)11-7-5-4-6-8-11/h4-8,13H,1-3H3/b12-9-. The molecule has 0 amide bonds. The Balaban J connectivity index is 3.21. The predicted octanol–water partition coefficient (Wildman–Crippen LogP) is 2.23. The lowest BCUT2D eigenvalue weighted by Gasteiger charge is -2.08. The van der Waals surface area contributed by atoms with Gasteiger partial charge in [0.2, 0.25) is 0 Å². The summed E-state index contributed by atoms with van der Waals surface area (Å²) in [5.74, 6) is 0.0862. The Morgan fingerprint density at radius 2 is 1.71 bits per heavy atom. The molecule has 0 fully saturated rings. The van der Waals surface area contributed by atoms with E-state index in [1.807, 2.05) is 44.3 Å². The number of benzene rings is 1. The Morgan fingerprint density at radius 1 is 1.14 bits per heavy atom. The quantitative estimate of drug-likeness (QED) is 0.739. The number of carbonyl (C=O) groups is 1. The SMILES string of the molecule is CN/C(C)=C(/C(C)=O)c1ccccc1. The molecule has 1 aromatic carbocycles. The van der Waals surface area contributed by atoms with Crippen LogP contribution in [-0.4, -0.2) is 12.8 Å².